The molecule has 2 atom stereocenters. The molecule has 0 spiro atoms. The largest absolute Gasteiger partial charge is 0.391 e. The summed E-state index contributed by atoms with van der Waals surface area (Å²) in [6.45, 7) is 1.82. The summed E-state index contributed by atoms with van der Waals surface area (Å²) in [5.41, 5.74) is 5.72. The molecule has 17 heavy (non-hydrogen) atoms. The molecule has 0 radical (unpaired) electrons. The molecule has 1 saturated carbocycles. The van der Waals surface area contributed by atoms with Gasteiger partial charge < -0.3 is 15.7 Å². The average molecular weight is 236 g/mol. The van der Waals surface area contributed by atoms with Crippen LogP contribution < -0.4 is 10.6 Å². The van der Waals surface area contributed by atoms with Gasteiger partial charge in [-0.1, -0.05) is 12.8 Å². The van der Waals surface area contributed by atoms with Crippen molar-refractivity contribution in [2.45, 2.75) is 44.8 Å². The fraction of sp³-hybridized carbons (Fsp3) is 0.667. The number of rotatable bonds is 2. The van der Waals surface area contributed by atoms with E-state index in [2.05, 4.69) is 9.97 Å². The number of hydrogen-bond acceptors (Lipinski definition) is 5. The van der Waals surface area contributed by atoms with Crippen LogP contribution in [0, 0.1) is 6.92 Å². The Balaban J connectivity index is 2.20. The molecule has 2 unspecified atom stereocenters. The summed E-state index contributed by atoms with van der Waals surface area (Å²) >= 11 is 0. The Hall–Kier alpha value is -1.36. The highest BCUT2D eigenvalue weighted by atomic mass is 16.3. The van der Waals surface area contributed by atoms with E-state index in [0.717, 1.165) is 31.5 Å². The predicted molar refractivity (Wildman–Crippen MR) is 67.8 cm³/mol. The van der Waals surface area contributed by atoms with E-state index in [1.807, 2.05) is 18.9 Å². The number of aliphatic hydroxyl groups excluding tert-OH is 1. The number of nitrogens with two attached hydrogens (primary N) is 1. The van der Waals surface area contributed by atoms with E-state index in [1.165, 1.54) is 0 Å². The van der Waals surface area contributed by atoms with E-state index in [-0.39, 0.29) is 12.1 Å². The van der Waals surface area contributed by atoms with Gasteiger partial charge in [0.05, 0.1) is 12.1 Å². The molecule has 3 N–H and O–H groups in total. The van der Waals surface area contributed by atoms with E-state index in [9.17, 15) is 5.11 Å². The molecule has 5 heteroatoms. The molecule has 0 amide bonds. The van der Waals surface area contributed by atoms with Crippen LogP contribution in [-0.2, 0) is 0 Å². The standard InChI is InChI=1S/C12H20N4O/c1-8-14-11(13)7-12(15-8)16(2)9-5-3-4-6-10(9)17/h7,9-10,17H,3-6H2,1-2H3,(H2,13,14,15). The number of nitrogens with zero attached hydrogens (tertiary/aromatic N) is 3. The zero-order valence-corrected chi connectivity index (χ0v) is 10.4. The lowest BCUT2D eigenvalue weighted by molar-refractivity contribution is 0.106. The minimum Gasteiger partial charge on any atom is -0.391 e. The van der Waals surface area contributed by atoms with Gasteiger partial charge >= 0.3 is 0 Å². The van der Waals surface area contributed by atoms with Crippen LogP contribution in [0.15, 0.2) is 6.07 Å². The van der Waals surface area contributed by atoms with Crippen LogP contribution >= 0.6 is 0 Å². The van der Waals surface area contributed by atoms with Gasteiger partial charge in [0.1, 0.15) is 17.5 Å². The third-order valence-corrected chi connectivity index (χ3v) is 3.40. The fourth-order valence-corrected chi connectivity index (χ4v) is 2.47. The lowest BCUT2D eigenvalue weighted by Gasteiger charge is -2.36. The minimum absolute atomic E-state index is 0.137. The van der Waals surface area contributed by atoms with Gasteiger partial charge in [0.2, 0.25) is 0 Å². The van der Waals surface area contributed by atoms with Crippen molar-refractivity contribution in [1.82, 2.24) is 9.97 Å². The topological polar surface area (TPSA) is 75.3 Å². The molecular weight excluding hydrogens is 216 g/mol. The van der Waals surface area contributed by atoms with Crippen molar-refractivity contribution < 1.29 is 5.11 Å². The normalized spacial score (nSPS) is 24.6. The highest BCUT2D eigenvalue weighted by Gasteiger charge is 2.27. The molecule has 1 fully saturated rings. The van der Waals surface area contributed by atoms with Crippen LogP contribution in [0.25, 0.3) is 0 Å². The summed E-state index contributed by atoms with van der Waals surface area (Å²) < 4.78 is 0. The minimum atomic E-state index is -0.273. The second kappa shape index (κ2) is 4.87. The Kier molecular flexibility index (Phi) is 3.47. The Labute approximate surface area is 102 Å². The van der Waals surface area contributed by atoms with Crippen molar-refractivity contribution in [2.24, 2.45) is 0 Å². The summed E-state index contributed by atoms with van der Waals surface area (Å²) in [6.07, 6.45) is 3.86. The van der Waals surface area contributed by atoms with Crippen molar-refractivity contribution in [3.8, 4) is 0 Å². The highest BCUT2D eigenvalue weighted by Crippen LogP contribution is 2.26. The molecular formula is C12H20N4O. The smallest absolute Gasteiger partial charge is 0.134 e. The number of aryl methyl sites for hydroxylation is 1. The first-order valence-corrected chi connectivity index (χ1v) is 6.10. The van der Waals surface area contributed by atoms with Gasteiger partial charge in [0.25, 0.3) is 0 Å². The van der Waals surface area contributed by atoms with Crippen LogP contribution in [0.2, 0.25) is 0 Å². The van der Waals surface area contributed by atoms with Gasteiger partial charge in [0, 0.05) is 13.1 Å². The van der Waals surface area contributed by atoms with E-state index in [4.69, 9.17) is 5.73 Å². The summed E-state index contributed by atoms with van der Waals surface area (Å²) in [5.74, 6) is 1.93. The third-order valence-electron chi connectivity index (χ3n) is 3.40. The van der Waals surface area contributed by atoms with Crippen LogP contribution in [0.3, 0.4) is 0 Å². The van der Waals surface area contributed by atoms with Crippen LogP contribution in [0.5, 0.6) is 0 Å². The quantitative estimate of drug-likeness (QED) is 0.804. The molecule has 0 aliphatic heterocycles. The van der Waals surface area contributed by atoms with Crippen LogP contribution in [-0.4, -0.2) is 34.3 Å². The lowest BCUT2D eigenvalue weighted by atomic mass is 9.91. The van der Waals surface area contributed by atoms with Gasteiger partial charge in [-0.05, 0) is 19.8 Å². The number of hydrogen-bond donors (Lipinski definition) is 2. The molecule has 1 aliphatic rings. The summed E-state index contributed by atoms with van der Waals surface area (Å²) in [4.78, 5) is 10.4. The Morgan fingerprint density at radius 1 is 1.35 bits per heavy atom. The summed E-state index contributed by atoms with van der Waals surface area (Å²) in [7, 11) is 1.96. The van der Waals surface area contributed by atoms with Crippen molar-refractivity contribution in [2.75, 3.05) is 17.7 Å². The monoisotopic (exact) mass is 236 g/mol. The number of anilines is 2. The van der Waals surface area contributed by atoms with Gasteiger partial charge in [-0.25, -0.2) is 9.97 Å². The first-order chi connectivity index (χ1) is 8.08. The average Bonchev–Trinajstić information content (AvgIpc) is 2.27. The maximum Gasteiger partial charge on any atom is 0.134 e. The first-order valence-electron chi connectivity index (χ1n) is 6.10. The third kappa shape index (κ3) is 2.66. The second-order valence-electron chi connectivity index (χ2n) is 4.73. The lowest BCUT2D eigenvalue weighted by Crippen LogP contribution is -2.43. The zero-order valence-electron chi connectivity index (χ0n) is 10.4. The molecule has 1 heterocycles. The zero-order chi connectivity index (χ0) is 12.4. The number of likely N-dealkylation sites (N-methyl/N-ethyl adjacent to an activating group) is 1. The van der Waals surface area contributed by atoms with Gasteiger partial charge in [-0.15, -0.1) is 0 Å². The molecule has 5 nitrogen and oxygen atoms in total. The molecule has 1 aromatic heterocycles. The van der Waals surface area contributed by atoms with Gasteiger partial charge in [0.15, 0.2) is 0 Å². The van der Waals surface area contributed by atoms with E-state index in [1.54, 1.807) is 6.07 Å². The fourth-order valence-electron chi connectivity index (χ4n) is 2.47. The van der Waals surface area contributed by atoms with E-state index < -0.39 is 0 Å². The number of aliphatic hydroxyl groups is 1. The SMILES string of the molecule is Cc1nc(N)cc(N(C)C2CCCCC2O)n1. The molecule has 2 rings (SSSR count). The second-order valence-corrected chi connectivity index (χ2v) is 4.73. The van der Waals surface area contributed by atoms with Crippen molar-refractivity contribution in [3.63, 3.8) is 0 Å². The van der Waals surface area contributed by atoms with Crippen LogP contribution in [0.4, 0.5) is 11.6 Å². The predicted octanol–water partition coefficient (Wildman–Crippen LogP) is 1.11. The summed E-state index contributed by atoms with van der Waals surface area (Å²) in [6, 6.07) is 1.89. The molecule has 0 aromatic carbocycles. The van der Waals surface area contributed by atoms with Crippen molar-refractivity contribution in [1.29, 1.82) is 0 Å². The van der Waals surface area contributed by atoms with Gasteiger partial charge in [-0.2, -0.15) is 0 Å². The molecule has 94 valence electrons. The Morgan fingerprint density at radius 2 is 2.06 bits per heavy atom. The Morgan fingerprint density at radius 3 is 2.71 bits per heavy atom. The number of aromatic nitrogens is 2. The molecule has 1 aromatic rings. The van der Waals surface area contributed by atoms with Crippen molar-refractivity contribution >= 4 is 11.6 Å². The Bertz CT molecular complexity index is 376. The highest BCUT2D eigenvalue weighted by molar-refractivity contribution is 5.47. The first kappa shape index (κ1) is 12.1. The summed E-state index contributed by atoms with van der Waals surface area (Å²) in [5, 5.41) is 10.0. The molecule has 1 aliphatic carbocycles. The van der Waals surface area contributed by atoms with E-state index in [0.29, 0.717) is 11.6 Å². The maximum absolute atomic E-state index is 10.0. The van der Waals surface area contributed by atoms with Crippen molar-refractivity contribution in [3.05, 3.63) is 11.9 Å². The van der Waals surface area contributed by atoms with E-state index >= 15 is 0 Å². The molecule has 0 bridgehead atoms. The molecule has 0 saturated heterocycles. The maximum atomic E-state index is 10.0. The van der Waals surface area contributed by atoms with Crippen LogP contribution in [0.1, 0.15) is 31.5 Å². The number of nitrogen functional groups attached to an aromatic ring is 1. The van der Waals surface area contributed by atoms with Gasteiger partial charge in [-0.3, -0.25) is 0 Å².